The first-order chi connectivity index (χ1) is 12.8. The number of nitrogens with one attached hydrogen (secondary N) is 1. The summed E-state index contributed by atoms with van der Waals surface area (Å²) >= 11 is 1.00. The molecule has 28 heavy (non-hydrogen) atoms. The molecule has 0 bridgehead atoms. The van der Waals surface area contributed by atoms with Crippen LogP contribution in [0.4, 0.5) is 13.2 Å². The number of halogens is 3. The van der Waals surface area contributed by atoms with Crippen LogP contribution in [-0.2, 0) is 15.7 Å². The number of rotatable bonds is 4. The van der Waals surface area contributed by atoms with Gasteiger partial charge < -0.3 is 10.1 Å². The van der Waals surface area contributed by atoms with E-state index in [-0.39, 0.29) is 4.88 Å². The molecule has 0 saturated carbocycles. The SMILES string of the molecule is Cc1nc(-c2ccc(C(F)(F)F)cc2)sc1C(=O)OC(C)C(=O)NC(C)(C)C. The van der Waals surface area contributed by atoms with Crippen molar-refractivity contribution in [2.45, 2.75) is 52.4 Å². The number of carbonyl (C=O) groups is 2. The second-order valence-corrected chi connectivity index (χ2v) is 8.29. The van der Waals surface area contributed by atoms with E-state index in [1.807, 2.05) is 20.8 Å². The molecule has 2 rings (SSSR count). The zero-order valence-electron chi connectivity index (χ0n) is 16.1. The van der Waals surface area contributed by atoms with Crippen LogP contribution >= 0.6 is 11.3 Å². The van der Waals surface area contributed by atoms with E-state index in [1.165, 1.54) is 19.1 Å². The lowest BCUT2D eigenvalue weighted by molar-refractivity contribution is -0.137. The summed E-state index contributed by atoms with van der Waals surface area (Å²) in [5, 5.41) is 3.11. The number of aryl methyl sites for hydroxylation is 1. The number of aromatic nitrogens is 1. The molecule has 5 nitrogen and oxygen atoms in total. The summed E-state index contributed by atoms with van der Waals surface area (Å²) in [6.45, 7) is 8.49. The number of ether oxygens (including phenoxy) is 1. The predicted molar refractivity (Wildman–Crippen MR) is 100 cm³/mol. The van der Waals surface area contributed by atoms with Crippen molar-refractivity contribution in [3.63, 3.8) is 0 Å². The average molecular weight is 414 g/mol. The van der Waals surface area contributed by atoms with Crippen molar-refractivity contribution in [3.8, 4) is 10.6 Å². The number of hydrogen-bond acceptors (Lipinski definition) is 5. The van der Waals surface area contributed by atoms with Gasteiger partial charge in [-0.2, -0.15) is 13.2 Å². The van der Waals surface area contributed by atoms with Gasteiger partial charge in [0.1, 0.15) is 9.88 Å². The van der Waals surface area contributed by atoms with Crippen LogP contribution in [0.5, 0.6) is 0 Å². The monoisotopic (exact) mass is 414 g/mol. The molecule has 1 N–H and O–H groups in total. The number of alkyl halides is 3. The summed E-state index contributed by atoms with van der Waals surface area (Å²) in [5.41, 5.74) is -0.386. The standard InChI is InChI=1S/C19H21F3N2O3S/c1-10-14(17(26)27-11(2)15(25)24-18(3,4)5)28-16(23-10)12-6-8-13(9-7-12)19(20,21)22/h6-9,11H,1-5H3,(H,24,25). The summed E-state index contributed by atoms with van der Waals surface area (Å²) in [7, 11) is 0. The number of hydrogen-bond donors (Lipinski definition) is 1. The molecule has 0 radical (unpaired) electrons. The van der Waals surface area contributed by atoms with E-state index < -0.39 is 35.3 Å². The Balaban J connectivity index is 2.15. The molecule has 0 fully saturated rings. The molecule has 1 heterocycles. The van der Waals surface area contributed by atoms with Crippen LogP contribution in [0.1, 0.15) is 48.6 Å². The highest BCUT2D eigenvalue weighted by atomic mass is 32.1. The second-order valence-electron chi connectivity index (χ2n) is 7.30. The van der Waals surface area contributed by atoms with Crippen LogP contribution in [-0.4, -0.2) is 28.5 Å². The van der Waals surface area contributed by atoms with Gasteiger partial charge in [0.05, 0.1) is 11.3 Å². The molecule has 1 unspecified atom stereocenters. The van der Waals surface area contributed by atoms with Crippen molar-refractivity contribution in [3.05, 3.63) is 40.4 Å². The van der Waals surface area contributed by atoms with E-state index in [0.717, 1.165) is 23.5 Å². The molecule has 9 heteroatoms. The molecule has 0 aliphatic heterocycles. The number of amides is 1. The first kappa shape index (κ1) is 21.9. The third-order valence-electron chi connectivity index (χ3n) is 3.59. The number of carbonyl (C=O) groups excluding carboxylic acids is 2. The van der Waals surface area contributed by atoms with Gasteiger partial charge in [-0.1, -0.05) is 12.1 Å². The van der Waals surface area contributed by atoms with Crippen molar-refractivity contribution in [2.24, 2.45) is 0 Å². The lowest BCUT2D eigenvalue weighted by Crippen LogP contribution is -2.46. The van der Waals surface area contributed by atoms with Gasteiger partial charge in [-0.3, -0.25) is 4.79 Å². The number of esters is 1. The van der Waals surface area contributed by atoms with Crippen molar-refractivity contribution in [1.29, 1.82) is 0 Å². The van der Waals surface area contributed by atoms with Crippen LogP contribution in [0.25, 0.3) is 10.6 Å². The molecule has 1 aromatic heterocycles. The lowest BCUT2D eigenvalue weighted by atomic mass is 10.1. The van der Waals surface area contributed by atoms with Gasteiger partial charge in [0.2, 0.25) is 0 Å². The number of thiazole rings is 1. The first-order valence-electron chi connectivity index (χ1n) is 8.46. The van der Waals surface area contributed by atoms with Crippen molar-refractivity contribution >= 4 is 23.2 Å². The molecule has 1 aromatic carbocycles. The molecule has 0 aliphatic rings. The minimum atomic E-state index is -4.42. The van der Waals surface area contributed by atoms with E-state index in [4.69, 9.17) is 4.74 Å². The normalized spacial score (nSPS) is 13.1. The highest BCUT2D eigenvalue weighted by Crippen LogP contribution is 2.33. The predicted octanol–water partition coefficient (Wildman–Crippen LogP) is 4.60. The Morgan fingerprint density at radius 3 is 2.21 bits per heavy atom. The summed E-state index contributed by atoms with van der Waals surface area (Å²) < 4.78 is 43.2. The Hall–Kier alpha value is -2.42. The Morgan fingerprint density at radius 2 is 1.71 bits per heavy atom. The van der Waals surface area contributed by atoms with E-state index in [9.17, 15) is 22.8 Å². The number of nitrogens with zero attached hydrogens (tertiary/aromatic N) is 1. The highest BCUT2D eigenvalue weighted by Gasteiger charge is 2.30. The van der Waals surface area contributed by atoms with E-state index in [0.29, 0.717) is 16.3 Å². The molecule has 152 valence electrons. The van der Waals surface area contributed by atoms with E-state index in [1.54, 1.807) is 6.92 Å². The summed E-state index contributed by atoms with van der Waals surface area (Å²) in [6.07, 6.45) is -5.42. The molecular weight excluding hydrogens is 393 g/mol. The topological polar surface area (TPSA) is 68.3 Å². The minimum absolute atomic E-state index is 0.199. The quantitative estimate of drug-likeness (QED) is 0.743. The van der Waals surface area contributed by atoms with Crippen molar-refractivity contribution in [1.82, 2.24) is 10.3 Å². The smallest absolute Gasteiger partial charge is 0.416 e. The molecule has 0 spiro atoms. The van der Waals surface area contributed by atoms with Gasteiger partial charge in [0.25, 0.3) is 5.91 Å². The maximum absolute atomic E-state index is 12.7. The first-order valence-corrected chi connectivity index (χ1v) is 9.27. The fourth-order valence-electron chi connectivity index (χ4n) is 2.25. The van der Waals surface area contributed by atoms with Crippen LogP contribution in [0.15, 0.2) is 24.3 Å². The van der Waals surface area contributed by atoms with Crippen molar-refractivity contribution in [2.75, 3.05) is 0 Å². The maximum Gasteiger partial charge on any atom is 0.416 e. The van der Waals surface area contributed by atoms with Crippen LogP contribution in [0.2, 0.25) is 0 Å². The molecular formula is C19H21F3N2O3S. The minimum Gasteiger partial charge on any atom is -0.448 e. The fraction of sp³-hybridized carbons (Fsp3) is 0.421. The Kier molecular flexibility index (Phi) is 6.18. The molecule has 0 saturated heterocycles. The highest BCUT2D eigenvalue weighted by molar-refractivity contribution is 7.17. The largest absolute Gasteiger partial charge is 0.448 e. The summed E-state index contributed by atoms with van der Waals surface area (Å²) in [6, 6.07) is 4.52. The van der Waals surface area contributed by atoms with Gasteiger partial charge in [0, 0.05) is 11.1 Å². The Labute approximate surface area is 164 Å². The number of benzene rings is 1. The third kappa shape index (κ3) is 5.54. The second kappa shape index (κ2) is 7.90. The summed E-state index contributed by atoms with van der Waals surface area (Å²) in [5.74, 6) is -1.13. The van der Waals surface area contributed by atoms with E-state index >= 15 is 0 Å². The van der Waals surface area contributed by atoms with E-state index in [2.05, 4.69) is 10.3 Å². The van der Waals surface area contributed by atoms with Gasteiger partial charge in [0.15, 0.2) is 6.10 Å². The molecule has 1 atom stereocenters. The molecule has 2 aromatic rings. The Morgan fingerprint density at radius 1 is 1.14 bits per heavy atom. The van der Waals surface area contributed by atoms with Gasteiger partial charge in [-0.15, -0.1) is 11.3 Å². The molecule has 1 amide bonds. The molecule has 0 aliphatic carbocycles. The lowest BCUT2D eigenvalue weighted by Gasteiger charge is -2.23. The van der Waals surface area contributed by atoms with Gasteiger partial charge >= 0.3 is 12.1 Å². The zero-order valence-corrected chi connectivity index (χ0v) is 16.9. The fourth-order valence-corrected chi connectivity index (χ4v) is 3.20. The zero-order chi connectivity index (χ0) is 21.3. The van der Waals surface area contributed by atoms with Crippen LogP contribution < -0.4 is 5.32 Å². The van der Waals surface area contributed by atoms with Crippen molar-refractivity contribution < 1.29 is 27.5 Å². The third-order valence-corrected chi connectivity index (χ3v) is 4.78. The van der Waals surface area contributed by atoms with Gasteiger partial charge in [-0.05, 0) is 46.8 Å². The maximum atomic E-state index is 12.7. The Bertz CT molecular complexity index is 868. The van der Waals surface area contributed by atoms with Gasteiger partial charge in [-0.25, -0.2) is 9.78 Å². The summed E-state index contributed by atoms with van der Waals surface area (Å²) in [4.78, 5) is 28.9. The average Bonchev–Trinajstić information content (AvgIpc) is 2.94. The van der Waals surface area contributed by atoms with Crippen LogP contribution in [0.3, 0.4) is 0 Å². The van der Waals surface area contributed by atoms with Crippen LogP contribution in [0, 0.1) is 6.92 Å².